The van der Waals surface area contributed by atoms with Gasteiger partial charge in [-0.05, 0) is 38.1 Å². The Balaban J connectivity index is 2.26. The molecule has 1 rings (SSSR count). The van der Waals surface area contributed by atoms with E-state index in [0.717, 1.165) is 18.6 Å². The summed E-state index contributed by atoms with van der Waals surface area (Å²) in [5, 5.41) is 3.67. The van der Waals surface area contributed by atoms with E-state index in [-0.39, 0.29) is 0 Å². The van der Waals surface area contributed by atoms with Crippen molar-refractivity contribution in [3.63, 3.8) is 0 Å². The molecule has 1 aliphatic carbocycles. The summed E-state index contributed by atoms with van der Waals surface area (Å²) in [6.45, 7) is 4.34. The van der Waals surface area contributed by atoms with Crippen molar-refractivity contribution in [2.45, 2.75) is 51.5 Å². The number of hydrogen-bond donors (Lipinski definition) is 1. The molecular weight excluding hydrogens is 174 g/mol. The molecule has 2 atom stereocenters. The quantitative estimate of drug-likeness (QED) is 0.710. The Labute approximate surface area is 88.4 Å². The van der Waals surface area contributed by atoms with Crippen molar-refractivity contribution in [1.29, 1.82) is 0 Å². The molecule has 0 aromatic carbocycles. The highest BCUT2D eigenvalue weighted by atomic mass is 16.5. The molecule has 0 spiro atoms. The van der Waals surface area contributed by atoms with Gasteiger partial charge in [-0.15, -0.1) is 0 Å². The summed E-state index contributed by atoms with van der Waals surface area (Å²) in [6, 6.07) is 0.763. The van der Waals surface area contributed by atoms with Crippen LogP contribution in [0.5, 0.6) is 0 Å². The van der Waals surface area contributed by atoms with Gasteiger partial charge < -0.3 is 10.1 Å². The third kappa shape index (κ3) is 3.97. The lowest BCUT2D eigenvalue weighted by Gasteiger charge is -2.32. The predicted molar refractivity (Wildman–Crippen MR) is 60.5 cm³/mol. The second kappa shape index (κ2) is 7.24. The molecule has 0 amide bonds. The molecule has 0 heterocycles. The van der Waals surface area contributed by atoms with Crippen LogP contribution < -0.4 is 5.32 Å². The Kier molecular flexibility index (Phi) is 6.20. The van der Waals surface area contributed by atoms with Crippen LogP contribution in [-0.4, -0.2) is 26.3 Å². The van der Waals surface area contributed by atoms with Gasteiger partial charge >= 0.3 is 0 Å². The molecule has 2 nitrogen and oxygen atoms in total. The number of methoxy groups -OCH3 is 1. The first-order chi connectivity index (χ1) is 6.88. The lowest BCUT2D eigenvalue weighted by Crippen LogP contribution is -2.39. The average molecular weight is 199 g/mol. The number of nitrogens with one attached hydrogen (secondary N) is 1. The van der Waals surface area contributed by atoms with Crippen LogP contribution in [0.15, 0.2) is 0 Å². The summed E-state index contributed by atoms with van der Waals surface area (Å²) >= 11 is 0. The third-order valence-corrected chi connectivity index (χ3v) is 3.26. The summed E-state index contributed by atoms with van der Waals surface area (Å²) < 4.78 is 5.17. The van der Waals surface area contributed by atoms with Crippen molar-refractivity contribution in [2.24, 2.45) is 5.92 Å². The average Bonchev–Trinajstić information content (AvgIpc) is 2.24. The van der Waals surface area contributed by atoms with Crippen LogP contribution in [0.4, 0.5) is 0 Å². The van der Waals surface area contributed by atoms with Crippen molar-refractivity contribution in [3.05, 3.63) is 0 Å². The van der Waals surface area contributed by atoms with E-state index in [1.807, 2.05) is 0 Å². The number of hydrogen-bond acceptors (Lipinski definition) is 2. The van der Waals surface area contributed by atoms with E-state index in [4.69, 9.17) is 4.74 Å². The van der Waals surface area contributed by atoms with E-state index in [0.29, 0.717) is 0 Å². The normalized spacial score (nSPS) is 27.9. The van der Waals surface area contributed by atoms with Crippen molar-refractivity contribution in [2.75, 3.05) is 20.3 Å². The van der Waals surface area contributed by atoms with Gasteiger partial charge in [0.2, 0.25) is 0 Å². The van der Waals surface area contributed by atoms with Gasteiger partial charge in [0, 0.05) is 19.8 Å². The summed E-state index contributed by atoms with van der Waals surface area (Å²) in [6.07, 6.45) is 8.06. The SMILES string of the molecule is CCCNC1CCCCC1CCOC. The van der Waals surface area contributed by atoms with Crippen LogP contribution in [-0.2, 0) is 4.74 Å². The van der Waals surface area contributed by atoms with E-state index in [2.05, 4.69) is 12.2 Å². The lowest BCUT2D eigenvalue weighted by molar-refractivity contribution is 0.149. The fourth-order valence-corrected chi connectivity index (χ4v) is 2.42. The second-order valence-corrected chi connectivity index (χ2v) is 4.39. The molecule has 0 aliphatic heterocycles. The smallest absolute Gasteiger partial charge is 0.0465 e. The van der Waals surface area contributed by atoms with E-state index < -0.39 is 0 Å². The Morgan fingerprint density at radius 2 is 2.07 bits per heavy atom. The highest BCUT2D eigenvalue weighted by Crippen LogP contribution is 2.26. The van der Waals surface area contributed by atoms with E-state index >= 15 is 0 Å². The van der Waals surface area contributed by atoms with Gasteiger partial charge in [0.15, 0.2) is 0 Å². The summed E-state index contributed by atoms with van der Waals surface area (Å²) in [5.41, 5.74) is 0. The molecule has 1 saturated carbocycles. The van der Waals surface area contributed by atoms with Crippen LogP contribution in [0.3, 0.4) is 0 Å². The van der Waals surface area contributed by atoms with E-state index in [1.165, 1.54) is 45.1 Å². The molecule has 2 heteroatoms. The van der Waals surface area contributed by atoms with Crippen LogP contribution >= 0.6 is 0 Å². The number of ether oxygens (including phenoxy) is 1. The minimum Gasteiger partial charge on any atom is -0.385 e. The van der Waals surface area contributed by atoms with Gasteiger partial charge in [-0.3, -0.25) is 0 Å². The molecule has 0 aromatic rings. The standard InChI is InChI=1S/C12H25NO/c1-3-9-13-12-7-5-4-6-11(12)8-10-14-2/h11-13H,3-10H2,1-2H3. The fraction of sp³-hybridized carbons (Fsp3) is 1.00. The fourth-order valence-electron chi connectivity index (χ4n) is 2.42. The molecule has 1 N–H and O–H groups in total. The maximum atomic E-state index is 5.17. The van der Waals surface area contributed by atoms with Crippen LogP contribution in [0.1, 0.15) is 45.4 Å². The van der Waals surface area contributed by atoms with Crippen molar-refractivity contribution in [1.82, 2.24) is 5.32 Å². The predicted octanol–water partition coefficient (Wildman–Crippen LogP) is 2.58. The van der Waals surface area contributed by atoms with Gasteiger partial charge in [-0.2, -0.15) is 0 Å². The lowest BCUT2D eigenvalue weighted by atomic mass is 9.82. The van der Waals surface area contributed by atoms with Crippen molar-refractivity contribution in [3.8, 4) is 0 Å². The largest absolute Gasteiger partial charge is 0.385 e. The first-order valence-corrected chi connectivity index (χ1v) is 6.10. The van der Waals surface area contributed by atoms with Crippen molar-refractivity contribution < 1.29 is 4.74 Å². The second-order valence-electron chi connectivity index (χ2n) is 4.39. The van der Waals surface area contributed by atoms with E-state index in [9.17, 15) is 0 Å². The summed E-state index contributed by atoms with van der Waals surface area (Å²) in [5.74, 6) is 0.857. The first kappa shape index (κ1) is 12.0. The van der Waals surface area contributed by atoms with Gasteiger partial charge in [0.25, 0.3) is 0 Å². The Hall–Kier alpha value is -0.0800. The van der Waals surface area contributed by atoms with Crippen LogP contribution in [0.25, 0.3) is 0 Å². The Morgan fingerprint density at radius 3 is 2.79 bits per heavy atom. The molecule has 0 aromatic heterocycles. The summed E-state index contributed by atoms with van der Waals surface area (Å²) in [4.78, 5) is 0. The molecule has 84 valence electrons. The molecular formula is C12H25NO. The van der Waals surface area contributed by atoms with Crippen LogP contribution in [0.2, 0.25) is 0 Å². The molecule has 1 fully saturated rings. The number of rotatable bonds is 6. The maximum absolute atomic E-state index is 5.17. The molecule has 0 saturated heterocycles. The Bertz CT molecular complexity index is 122. The molecule has 0 radical (unpaired) electrons. The van der Waals surface area contributed by atoms with Crippen molar-refractivity contribution >= 4 is 0 Å². The van der Waals surface area contributed by atoms with Gasteiger partial charge in [-0.1, -0.05) is 19.8 Å². The molecule has 2 unspecified atom stereocenters. The molecule has 1 aliphatic rings. The topological polar surface area (TPSA) is 21.3 Å². The zero-order valence-corrected chi connectivity index (χ0v) is 9.72. The van der Waals surface area contributed by atoms with Gasteiger partial charge in [-0.25, -0.2) is 0 Å². The zero-order valence-electron chi connectivity index (χ0n) is 9.72. The van der Waals surface area contributed by atoms with E-state index in [1.54, 1.807) is 7.11 Å². The molecule has 0 bridgehead atoms. The highest BCUT2D eigenvalue weighted by molar-refractivity contribution is 4.80. The zero-order chi connectivity index (χ0) is 10.2. The van der Waals surface area contributed by atoms with Gasteiger partial charge in [0.1, 0.15) is 0 Å². The summed E-state index contributed by atoms with van der Waals surface area (Å²) in [7, 11) is 1.80. The monoisotopic (exact) mass is 199 g/mol. The minimum atomic E-state index is 0.763. The third-order valence-electron chi connectivity index (χ3n) is 3.26. The first-order valence-electron chi connectivity index (χ1n) is 6.10. The molecule has 14 heavy (non-hydrogen) atoms. The minimum absolute atomic E-state index is 0.763. The van der Waals surface area contributed by atoms with Gasteiger partial charge in [0.05, 0.1) is 0 Å². The highest BCUT2D eigenvalue weighted by Gasteiger charge is 2.23. The van der Waals surface area contributed by atoms with Crippen LogP contribution in [0, 0.1) is 5.92 Å². The Morgan fingerprint density at radius 1 is 1.29 bits per heavy atom. The maximum Gasteiger partial charge on any atom is 0.0465 e.